The molecule has 1 heterocycles. The quantitative estimate of drug-likeness (QED) is 0.747. The average molecular weight is 292 g/mol. The SMILES string of the molecule is N#Cc1ccc2c(c1)C(=O)NC(C(Cl)(Cl)Cl)O2. The molecule has 1 unspecified atom stereocenters. The van der Waals surface area contributed by atoms with Crippen LogP contribution in [0, 0.1) is 11.3 Å². The maximum atomic E-state index is 11.7. The van der Waals surface area contributed by atoms with Crippen LogP contribution in [0.3, 0.4) is 0 Å². The van der Waals surface area contributed by atoms with Crippen molar-refractivity contribution in [3.63, 3.8) is 0 Å². The van der Waals surface area contributed by atoms with Crippen molar-refractivity contribution in [1.82, 2.24) is 5.32 Å². The molecule has 1 aromatic carbocycles. The van der Waals surface area contributed by atoms with Gasteiger partial charge in [-0.3, -0.25) is 4.79 Å². The van der Waals surface area contributed by atoms with E-state index < -0.39 is 15.9 Å². The normalized spacial score (nSPS) is 18.7. The second kappa shape index (κ2) is 4.26. The molecule has 4 nitrogen and oxygen atoms in total. The Labute approximate surface area is 112 Å². The Morgan fingerprint density at radius 1 is 1.41 bits per heavy atom. The predicted molar refractivity (Wildman–Crippen MR) is 63.3 cm³/mol. The number of alkyl halides is 3. The maximum Gasteiger partial charge on any atom is 0.258 e. The van der Waals surface area contributed by atoms with Gasteiger partial charge in [-0.2, -0.15) is 5.26 Å². The van der Waals surface area contributed by atoms with Gasteiger partial charge in [-0.15, -0.1) is 0 Å². The van der Waals surface area contributed by atoms with Crippen molar-refractivity contribution in [3.8, 4) is 11.8 Å². The summed E-state index contributed by atoms with van der Waals surface area (Å²) in [6, 6.07) is 6.36. The van der Waals surface area contributed by atoms with Gasteiger partial charge in [0.15, 0.2) is 0 Å². The largest absolute Gasteiger partial charge is 0.465 e. The van der Waals surface area contributed by atoms with Gasteiger partial charge in [0, 0.05) is 0 Å². The summed E-state index contributed by atoms with van der Waals surface area (Å²) in [7, 11) is 0. The first-order chi connectivity index (χ1) is 7.91. The summed E-state index contributed by atoms with van der Waals surface area (Å²) in [6.07, 6.45) is -1.06. The lowest BCUT2D eigenvalue weighted by molar-refractivity contribution is 0.0763. The zero-order valence-corrected chi connectivity index (χ0v) is 10.5. The Bertz CT molecular complexity index is 519. The Balaban J connectivity index is 2.40. The third-order valence-electron chi connectivity index (χ3n) is 2.16. The minimum absolute atomic E-state index is 0.245. The van der Waals surface area contributed by atoms with E-state index in [0.717, 1.165) is 0 Å². The molecule has 17 heavy (non-hydrogen) atoms. The summed E-state index contributed by atoms with van der Waals surface area (Å²) in [4.78, 5) is 11.7. The molecule has 1 amide bonds. The van der Waals surface area contributed by atoms with Crippen LogP contribution in [0.5, 0.6) is 5.75 Å². The van der Waals surface area contributed by atoms with Crippen LogP contribution in [0.2, 0.25) is 0 Å². The summed E-state index contributed by atoms with van der Waals surface area (Å²) >= 11 is 16.9. The van der Waals surface area contributed by atoms with Gasteiger partial charge in [-0.25, -0.2) is 0 Å². The summed E-state index contributed by atoms with van der Waals surface area (Å²) < 4.78 is 3.57. The fraction of sp³-hybridized carbons (Fsp3) is 0.200. The number of nitrogens with zero attached hydrogens (tertiary/aromatic N) is 1. The first kappa shape index (κ1) is 12.3. The van der Waals surface area contributed by atoms with Gasteiger partial charge in [0.2, 0.25) is 10.0 Å². The lowest BCUT2D eigenvalue weighted by Gasteiger charge is -2.30. The lowest BCUT2D eigenvalue weighted by atomic mass is 10.1. The van der Waals surface area contributed by atoms with Crippen molar-refractivity contribution in [2.75, 3.05) is 0 Å². The van der Waals surface area contributed by atoms with E-state index in [1.165, 1.54) is 18.2 Å². The number of hydrogen-bond donors (Lipinski definition) is 1. The standard InChI is InChI=1S/C10H5Cl3N2O2/c11-10(12,13)9-15-8(16)6-3-5(4-14)1-2-7(6)17-9/h1-3,9H,(H,15,16). The number of nitriles is 1. The van der Waals surface area contributed by atoms with E-state index in [1.54, 1.807) is 0 Å². The molecule has 1 aromatic rings. The minimum Gasteiger partial charge on any atom is -0.465 e. The second-order valence-electron chi connectivity index (χ2n) is 3.34. The van der Waals surface area contributed by atoms with Gasteiger partial charge in [0.1, 0.15) is 5.75 Å². The first-order valence-corrected chi connectivity index (χ1v) is 5.63. The Morgan fingerprint density at radius 2 is 2.12 bits per heavy atom. The number of ether oxygens (including phenoxy) is 1. The Hall–Kier alpha value is -1.15. The van der Waals surface area contributed by atoms with Crippen LogP contribution in [0.25, 0.3) is 0 Å². The fourth-order valence-corrected chi connectivity index (χ4v) is 1.68. The van der Waals surface area contributed by atoms with E-state index in [-0.39, 0.29) is 11.3 Å². The van der Waals surface area contributed by atoms with Crippen molar-refractivity contribution in [3.05, 3.63) is 29.3 Å². The molecule has 0 fully saturated rings. The van der Waals surface area contributed by atoms with Crippen LogP contribution in [-0.2, 0) is 0 Å². The lowest BCUT2D eigenvalue weighted by Crippen LogP contribution is -2.50. The number of carbonyl (C=O) groups excluding carboxylic acids is 1. The van der Waals surface area contributed by atoms with Crippen LogP contribution < -0.4 is 10.1 Å². The minimum atomic E-state index is -1.76. The van der Waals surface area contributed by atoms with Crippen molar-refractivity contribution in [2.24, 2.45) is 0 Å². The molecule has 0 spiro atoms. The molecule has 1 aliphatic rings. The van der Waals surface area contributed by atoms with Crippen LogP contribution in [0.1, 0.15) is 15.9 Å². The van der Waals surface area contributed by atoms with Crippen molar-refractivity contribution < 1.29 is 9.53 Å². The van der Waals surface area contributed by atoms with E-state index in [2.05, 4.69) is 5.32 Å². The van der Waals surface area contributed by atoms with Gasteiger partial charge < -0.3 is 10.1 Å². The Kier molecular flexibility index (Phi) is 3.09. The van der Waals surface area contributed by atoms with Crippen molar-refractivity contribution in [1.29, 1.82) is 5.26 Å². The second-order valence-corrected chi connectivity index (χ2v) is 5.70. The molecule has 0 radical (unpaired) electrons. The molecular weight excluding hydrogens is 286 g/mol. The van der Waals surface area contributed by atoms with Crippen molar-refractivity contribution in [2.45, 2.75) is 10.0 Å². The molecule has 0 bridgehead atoms. The zero-order valence-electron chi connectivity index (χ0n) is 8.21. The van der Waals surface area contributed by atoms with Gasteiger partial charge >= 0.3 is 0 Å². The van der Waals surface area contributed by atoms with Crippen LogP contribution in [0.4, 0.5) is 0 Å². The number of amides is 1. The number of hydrogen-bond acceptors (Lipinski definition) is 3. The van der Waals surface area contributed by atoms with E-state index in [0.29, 0.717) is 5.56 Å². The number of benzene rings is 1. The van der Waals surface area contributed by atoms with Crippen molar-refractivity contribution >= 4 is 40.7 Å². The highest BCUT2D eigenvalue weighted by atomic mass is 35.6. The van der Waals surface area contributed by atoms with Gasteiger partial charge in [-0.05, 0) is 18.2 Å². The summed E-state index contributed by atoms with van der Waals surface area (Å²) in [6.45, 7) is 0. The number of rotatable bonds is 0. The molecule has 0 saturated carbocycles. The fourth-order valence-electron chi connectivity index (χ4n) is 1.38. The highest BCUT2D eigenvalue weighted by molar-refractivity contribution is 6.68. The summed E-state index contributed by atoms with van der Waals surface area (Å²) in [5.41, 5.74) is 0.601. The molecule has 1 N–H and O–H groups in total. The highest BCUT2D eigenvalue weighted by Gasteiger charge is 2.40. The third kappa shape index (κ3) is 2.42. The highest BCUT2D eigenvalue weighted by Crippen LogP contribution is 2.35. The van der Waals surface area contributed by atoms with E-state index in [1.807, 2.05) is 6.07 Å². The zero-order chi connectivity index (χ0) is 12.6. The predicted octanol–water partition coefficient (Wildman–Crippen LogP) is 2.38. The van der Waals surface area contributed by atoms with Crippen LogP contribution in [0.15, 0.2) is 18.2 Å². The number of halogens is 3. The van der Waals surface area contributed by atoms with Gasteiger partial charge in [0.05, 0.1) is 17.2 Å². The Morgan fingerprint density at radius 3 is 2.71 bits per heavy atom. The molecule has 1 atom stereocenters. The monoisotopic (exact) mass is 290 g/mol. The molecule has 2 rings (SSSR count). The van der Waals surface area contributed by atoms with Crippen LogP contribution in [-0.4, -0.2) is 15.9 Å². The summed E-state index contributed by atoms with van der Waals surface area (Å²) in [5.74, 6) is -0.163. The molecule has 1 aliphatic heterocycles. The molecule has 0 aliphatic carbocycles. The smallest absolute Gasteiger partial charge is 0.258 e. The molecule has 0 aromatic heterocycles. The topological polar surface area (TPSA) is 62.1 Å². The van der Waals surface area contributed by atoms with E-state index in [9.17, 15) is 4.79 Å². The number of carbonyl (C=O) groups is 1. The molecular formula is C10H5Cl3N2O2. The maximum absolute atomic E-state index is 11.7. The summed E-state index contributed by atoms with van der Waals surface area (Å²) in [5, 5.41) is 11.1. The van der Waals surface area contributed by atoms with E-state index >= 15 is 0 Å². The molecule has 88 valence electrons. The van der Waals surface area contributed by atoms with E-state index in [4.69, 9.17) is 44.8 Å². The third-order valence-corrected chi connectivity index (χ3v) is 2.75. The number of fused-ring (bicyclic) bond motifs is 1. The average Bonchev–Trinajstić information content (AvgIpc) is 2.27. The molecule has 7 heteroatoms. The van der Waals surface area contributed by atoms with Gasteiger partial charge in [-0.1, -0.05) is 34.8 Å². The number of nitrogens with one attached hydrogen (secondary N) is 1. The first-order valence-electron chi connectivity index (χ1n) is 4.50. The van der Waals surface area contributed by atoms with Gasteiger partial charge in [0.25, 0.3) is 5.91 Å². The van der Waals surface area contributed by atoms with Crippen LogP contribution >= 0.6 is 34.8 Å². The molecule has 0 saturated heterocycles.